The van der Waals surface area contributed by atoms with Crippen LogP contribution in [0.5, 0.6) is 0 Å². The lowest BCUT2D eigenvalue weighted by molar-refractivity contribution is 0.102. The molecule has 146 valence electrons. The number of hydrogen-bond donors (Lipinski definition) is 1. The Morgan fingerprint density at radius 2 is 1.83 bits per heavy atom. The molecule has 0 atom stereocenters. The molecule has 0 saturated carbocycles. The van der Waals surface area contributed by atoms with E-state index in [0.29, 0.717) is 28.6 Å². The number of carbonyl (C=O) groups is 1. The van der Waals surface area contributed by atoms with Crippen LogP contribution in [0, 0.1) is 19.7 Å². The van der Waals surface area contributed by atoms with Crippen molar-refractivity contribution in [2.75, 3.05) is 5.32 Å². The molecule has 0 aliphatic carbocycles. The maximum atomic E-state index is 13.0. The number of aromatic nitrogens is 1. The smallest absolute Gasteiger partial charge is 0.261 e. The molecule has 4 nitrogen and oxygen atoms in total. The zero-order valence-corrected chi connectivity index (χ0v) is 16.8. The number of furan rings is 1. The molecule has 4 rings (SSSR count). The molecule has 2 aromatic heterocycles. The number of halogens is 1. The molecule has 0 aliphatic heterocycles. The van der Waals surface area contributed by atoms with Crippen molar-refractivity contribution in [2.45, 2.75) is 20.3 Å². The number of thiazole rings is 1. The Hall–Kier alpha value is -3.25. The van der Waals surface area contributed by atoms with Crippen LogP contribution >= 0.6 is 11.3 Å². The molecule has 4 aromatic rings. The molecule has 1 amide bonds. The first-order chi connectivity index (χ1) is 14.0. The molecule has 2 aromatic carbocycles. The normalized spacial score (nSPS) is 10.9. The van der Waals surface area contributed by atoms with E-state index in [4.69, 9.17) is 4.42 Å². The quantitative estimate of drug-likeness (QED) is 0.442. The first-order valence-electron chi connectivity index (χ1n) is 9.16. The molecular formula is C23H19FN2O2S. The number of benzene rings is 2. The Labute approximate surface area is 172 Å². The number of hydrogen-bond acceptors (Lipinski definition) is 4. The predicted molar refractivity (Wildman–Crippen MR) is 113 cm³/mol. The van der Waals surface area contributed by atoms with E-state index in [2.05, 4.69) is 10.3 Å². The van der Waals surface area contributed by atoms with Gasteiger partial charge in [-0.15, -0.1) is 11.3 Å². The second-order valence-corrected chi connectivity index (χ2v) is 7.95. The van der Waals surface area contributed by atoms with Crippen LogP contribution in [-0.2, 0) is 6.42 Å². The Morgan fingerprint density at radius 3 is 2.55 bits per heavy atom. The van der Waals surface area contributed by atoms with Gasteiger partial charge in [0.05, 0.1) is 5.56 Å². The third kappa shape index (κ3) is 4.43. The largest absolute Gasteiger partial charge is 0.461 e. The van der Waals surface area contributed by atoms with Crippen molar-refractivity contribution in [1.82, 2.24) is 4.98 Å². The van der Waals surface area contributed by atoms with Crippen molar-refractivity contribution >= 4 is 22.4 Å². The lowest BCUT2D eigenvalue weighted by Gasteiger charge is -1.99. The van der Waals surface area contributed by atoms with Gasteiger partial charge in [0.25, 0.3) is 5.91 Å². The SMILES string of the molecule is Cc1ccc(-c2cc(C(=O)Nc3ncc(Cc4ccc(F)cc4)s3)c(C)o2)cc1. The number of rotatable bonds is 5. The molecule has 0 saturated heterocycles. The number of nitrogens with zero attached hydrogens (tertiary/aromatic N) is 1. The zero-order chi connectivity index (χ0) is 20.4. The van der Waals surface area contributed by atoms with Gasteiger partial charge in [0.15, 0.2) is 5.13 Å². The van der Waals surface area contributed by atoms with Crippen LogP contribution in [0.15, 0.2) is 65.2 Å². The summed E-state index contributed by atoms with van der Waals surface area (Å²) in [6.07, 6.45) is 2.36. The minimum atomic E-state index is -0.258. The van der Waals surface area contributed by atoms with E-state index in [1.807, 2.05) is 31.2 Å². The number of carbonyl (C=O) groups excluding carboxylic acids is 1. The van der Waals surface area contributed by atoms with E-state index in [9.17, 15) is 9.18 Å². The number of aryl methyl sites for hydroxylation is 2. The lowest BCUT2D eigenvalue weighted by atomic mass is 10.1. The first-order valence-corrected chi connectivity index (χ1v) is 9.97. The fourth-order valence-electron chi connectivity index (χ4n) is 2.98. The van der Waals surface area contributed by atoms with Crippen LogP contribution in [0.4, 0.5) is 9.52 Å². The molecule has 0 bridgehead atoms. The first kappa shape index (κ1) is 19.1. The van der Waals surface area contributed by atoms with Crippen molar-refractivity contribution in [3.8, 4) is 11.3 Å². The molecule has 0 unspecified atom stereocenters. The van der Waals surface area contributed by atoms with Crippen molar-refractivity contribution < 1.29 is 13.6 Å². The maximum absolute atomic E-state index is 13.0. The summed E-state index contributed by atoms with van der Waals surface area (Å²) in [6.45, 7) is 3.79. The second-order valence-electron chi connectivity index (χ2n) is 6.84. The van der Waals surface area contributed by atoms with Gasteiger partial charge in [0.2, 0.25) is 0 Å². The Morgan fingerprint density at radius 1 is 1.10 bits per heavy atom. The van der Waals surface area contributed by atoms with E-state index in [-0.39, 0.29) is 11.7 Å². The second kappa shape index (κ2) is 8.01. The molecule has 0 fully saturated rings. The van der Waals surface area contributed by atoms with Gasteiger partial charge < -0.3 is 4.42 Å². The van der Waals surface area contributed by atoms with Crippen LogP contribution in [0.2, 0.25) is 0 Å². The summed E-state index contributed by atoms with van der Waals surface area (Å²) < 4.78 is 18.8. The van der Waals surface area contributed by atoms with Crippen LogP contribution in [0.25, 0.3) is 11.3 Å². The minimum absolute atomic E-state index is 0.257. The highest BCUT2D eigenvalue weighted by Gasteiger charge is 2.17. The summed E-state index contributed by atoms with van der Waals surface area (Å²) in [5, 5.41) is 3.35. The van der Waals surface area contributed by atoms with Crippen LogP contribution in [0.1, 0.15) is 32.1 Å². The van der Waals surface area contributed by atoms with E-state index in [0.717, 1.165) is 21.6 Å². The average Bonchev–Trinajstić information content (AvgIpc) is 3.30. The number of anilines is 1. The predicted octanol–water partition coefficient (Wildman–Crippen LogP) is 6.00. The summed E-state index contributed by atoms with van der Waals surface area (Å²) in [4.78, 5) is 18.0. The van der Waals surface area contributed by atoms with Crippen molar-refractivity contribution in [1.29, 1.82) is 0 Å². The molecule has 0 radical (unpaired) electrons. The highest BCUT2D eigenvalue weighted by molar-refractivity contribution is 7.15. The Kier molecular flexibility index (Phi) is 5.27. The fraction of sp³-hybridized carbons (Fsp3) is 0.130. The van der Waals surface area contributed by atoms with Crippen LogP contribution in [-0.4, -0.2) is 10.9 Å². The van der Waals surface area contributed by atoms with E-state index in [1.165, 1.54) is 23.5 Å². The van der Waals surface area contributed by atoms with Crippen molar-refractivity contribution in [3.63, 3.8) is 0 Å². The molecule has 6 heteroatoms. The van der Waals surface area contributed by atoms with Gasteiger partial charge >= 0.3 is 0 Å². The van der Waals surface area contributed by atoms with Gasteiger partial charge in [0.1, 0.15) is 17.3 Å². The van der Waals surface area contributed by atoms with Gasteiger partial charge in [-0.05, 0) is 37.6 Å². The van der Waals surface area contributed by atoms with Crippen molar-refractivity contribution in [3.05, 3.63) is 93.9 Å². The number of nitrogens with one attached hydrogen (secondary N) is 1. The summed E-state index contributed by atoms with van der Waals surface area (Å²) in [5.74, 6) is 0.698. The standard InChI is InChI=1S/C23H19FN2O2S/c1-14-3-7-17(8-4-14)21-12-20(15(2)28-21)22(27)26-23-25-13-19(29-23)11-16-5-9-18(24)10-6-16/h3-10,12-13H,11H2,1-2H3,(H,25,26,27). The highest BCUT2D eigenvalue weighted by Crippen LogP contribution is 2.27. The van der Waals surface area contributed by atoms with Crippen molar-refractivity contribution in [2.24, 2.45) is 0 Å². The summed E-state index contributed by atoms with van der Waals surface area (Å²) in [5.41, 5.74) is 3.56. The Balaban J connectivity index is 1.46. The van der Waals surface area contributed by atoms with Gasteiger partial charge in [-0.3, -0.25) is 10.1 Å². The monoisotopic (exact) mass is 406 g/mol. The van der Waals surface area contributed by atoms with Gasteiger partial charge in [-0.25, -0.2) is 9.37 Å². The van der Waals surface area contributed by atoms with E-state index in [1.54, 1.807) is 31.3 Å². The van der Waals surface area contributed by atoms with Crippen LogP contribution in [0.3, 0.4) is 0 Å². The zero-order valence-electron chi connectivity index (χ0n) is 16.0. The van der Waals surface area contributed by atoms with E-state index >= 15 is 0 Å². The average molecular weight is 406 g/mol. The van der Waals surface area contributed by atoms with Gasteiger partial charge in [-0.2, -0.15) is 0 Å². The van der Waals surface area contributed by atoms with Gasteiger partial charge in [-0.1, -0.05) is 42.0 Å². The molecular weight excluding hydrogens is 387 g/mol. The summed E-state index contributed by atoms with van der Waals surface area (Å²) >= 11 is 1.40. The third-order valence-electron chi connectivity index (χ3n) is 4.56. The summed E-state index contributed by atoms with van der Waals surface area (Å²) in [7, 11) is 0. The van der Waals surface area contributed by atoms with Gasteiger partial charge in [0, 0.05) is 23.1 Å². The highest BCUT2D eigenvalue weighted by atomic mass is 32.1. The molecule has 0 spiro atoms. The van der Waals surface area contributed by atoms with Crippen LogP contribution < -0.4 is 5.32 Å². The molecule has 0 aliphatic rings. The van der Waals surface area contributed by atoms with E-state index < -0.39 is 0 Å². The lowest BCUT2D eigenvalue weighted by Crippen LogP contribution is -2.11. The molecule has 2 heterocycles. The minimum Gasteiger partial charge on any atom is -0.461 e. The fourth-order valence-corrected chi connectivity index (χ4v) is 3.82. The maximum Gasteiger partial charge on any atom is 0.261 e. The third-order valence-corrected chi connectivity index (χ3v) is 5.48. The topological polar surface area (TPSA) is 55.1 Å². The number of amides is 1. The molecule has 1 N–H and O–H groups in total. The summed E-state index contributed by atoms with van der Waals surface area (Å²) in [6, 6.07) is 16.1. The Bertz CT molecular complexity index is 1140. The molecule has 29 heavy (non-hydrogen) atoms.